The van der Waals surface area contributed by atoms with E-state index in [2.05, 4.69) is 0 Å². The maximum absolute atomic E-state index is 13.0. The number of amides is 2. The second-order valence-corrected chi connectivity index (χ2v) is 7.15. The molecule has 6 nitrogen and oxygen atoms in total. The van der Waals surface area contributed by atoms with Crippen molar-refractivity contribution in [3.8, 4) is 0 Å². The van der Waals surface area contributed by atoms with Crippen LogP contribution in [-0.2, 0) is 16.0 Å². The molecule has 2 N–H and O–H groups in total. The fourth-order valence-corrected chi connectivity index (χ4v) is 3.43. The van der Waals surface area contributed by atoms with Gasteiger partial charge >= 0.3 is 6.09 Å². The Morgan fingerprint density at radius 1 is 1.17 bits per heavy atom. The summed E-state index contributed by atoms with van der Waals surface area (Å²) in [6.45, 7) is 1.27. The number of hydrogen-bond donors (Lipinski definition) is 2. The molecule has 2 aromatic rings. The van der Waals surface area contributed by atoms with Gasteiger partial charge in [0.15, 0.2) is 0 Å². The minimum atomic E-state index is -1.22. The lowest BCUT2D eigenvalue weighted by atomic mass is 9.94. The number of cyclic esters (lactones) is 1. The largest absolute Gasteiger partial charge is 0.447 e. The molecule has 0 spiro atoms. The van der Waals surface area contributed by atoms with Crippen molar-refractivity contribution in [2.45, 2.75) is 25.5 Å². The van der Waals surface area contributed by atoms with Gasteiger partial charge in [0.1, 0.15) is 6.61 Å². The van der Waals surface area contributed by atoms with Crippen LogP contribution in [0.15, 0.2) is 66.2 Å². The predicted molar refractivity (Wildman–Crippen MR) is 109 cm³/mol. The summed E-state index contributed by atoms with van der Waals surface area (Å²) >= 11 is 0. The number of hydrogen-bond acceptors (Lipinski definition) is 5. The van der Waals surface area contributed by atoms with E-state index in [9.17, 15) is 19.8 Å². The van der Waals surface area contributed by atoms with Gasteiger partial charge in [-0.1, -0.05) is 73.7 Å². The average molecular weight is 395 g/mol. The normalized spacial score (nSPS) is 19.0. The number of benzene rings is 2. The zero-order valence-corrected chi connectivity index (χ0v) is 16.3. The van der Waals surface area contributed by atoms with Crippen LogP contribution < -0.4 is 0 Å². The van der Waals surface area contributed by atoms with Crippen LogP contribution in [0.2, 0.25) is 0 Å². The van der Waals surface area contributed by atoms with E-state index >= 15 is 0 Å². The lowest BCUT2D eigenvalue weighted by Crippen LogP contribution is -2.46. The average Bonchev–Trinajstić information content (AvgIpc) is 3.11. The number of aliphatic hydroxyl groups excluding tert-OH is 2. The summed E-state index contributed by atoms with van der Waals surface area (Å²) in [7, 11) is 0. The van der Waals surface area contributed by atoms with Crippen molar-refractivity contribution in [2.75, 3.05) is 13.2 Å². The summed E-state index contributed by atoms with van der Waals surface area (Å²) in [6, 6.07) is 18.3. The van der Waals surface area contributed by atoms with E-state index in [1.54, 1.807) is 13.0 Å². The Hall–Kier alpha value is -2.96. The zero-order chi connectivity index (χ0) is 20.8. The minimum Gasteiger partial charge on any atom is -0.447 e. The Morgan fingerprint density at radius 2 is 1.79 bits per heavy atom. The Labute approximate surface area is 170 Å². The molecule has 29 heavy (non-hydrogen) atoms. The quantitative estimate of drug-likeness (QED) is 0.753. The van der Waals surface area contributed by atoms with Crippen LogP contribution in [0, 0.1) is 5.92 Å². The number of rotatable bonds is 7. The smallest absolute Gasteiger partial charge is 0.416 e. The van der Waals surface area contributed by atoms with Gasteiger partial charge in [0.05, 0.1) is 24.7 Å². The number of imide groups is 1. The molecule has 0 aromatic heterocycles. The van der Waals surface area contributed by atoms with E-state index in [1.165, 1.54) is 0 Å². The van der Waals surface area contributed by atoms with E-state index in [0.717, 1.165) is 16.0 Å². The third-order valence-electron chi connectivity index (χ3n) is 5.09. The first-order chi connectivity index (χ1) is 14.0. The molecule has 0 unspecified atom stereocenters. The molecule has 0 radical (unpaired) electrons. The first-order valence-electron chi connectivity index (χ1n) is 9.59. The number of nitrogens with zero attached hydrogens (tertiary/aromatic N) is 1. The maximum atomic E-state index is 13.0. The molecular weight excluding hydrogens is 370 g/mol. The molecular formula is C23H25NO5. The summed E-state index contributed by atoms with van der Waals surface area (Å²) in [5, 5.41) is 20.4. The van der Waals surface area contributed by atoms with Gasteiger partial charge in [-0.2, -0.15) is 0 Å². The van der Waals surface area contributed by atoms with Gasteiger partial charge in [-0.15, -0.1) is 0 Å². The van der Waals surface area contributed by atoms with Crippen molar-refractivity contribution in [3.63, 3.8) is 0 Å². The third-order valence-corrected chi connectivity index (χ3v) is 5.09. The molecule has 6 heteroatoms. The van der Waals surface area contributed by atoms with Crippen LogP contribution >= 0.6 is 0 Å². The highest BCUT2D eigenvalue weighted by atomic mass is 16.6. The molecule has 2 aromatic carbocycles. The Morgan fingerprint density at radius 3 is 2.41 bits per heavy atom. The van der Waals surface area contributed by atoms with Crippen LogP contribution in [0.25, 0.3) is 6.08 Å². The fraction of sp³-hybridized carbons (Fsp3) is 0.304. The molecule has 2 amide bonds. The maximum Gasteiger partial charge on any atom is 0.416 e. The number of carbonyl (C=O) groups excluding carboxylic acids is 2. The fourth-order valence-electron chi connectivity index (χ4n) is 3.43. The second kappa shape index (κ2) is 9.49. The highest BCUT2D eigenvalue weighted by molar-refractivity contribution is 5.95. The van der Waals surface area contributed by atoms with Crippen molar-refractivity contribution in [3.05, 3.63) is 77.4 Å². The monoisotopic (exact) mass is 395 g/mol. The van der Waals surface area contributed by atoms with Crippen LogP contribution in [0.3, 0.4) is 0 Å². The minimum absolute atomic E-state index is 0.120. The molecule has 3 rings (SSSR count). The summed E-state index contributed by atoms with van der Waals surface area (Å²) in [5.41, 5.74) is 2.10. The molecule has 0 bridgehead atoms. The van der Waals surface area contributed by atoms with Crippen LogP contribution in [0.4, 0.5) is 4.79 Å². The van der Waals surface area contributed by atoms with Crippen LogP contribution in [0.5, 0.6) is 0 Å². The number of aliphatic hydroxyl groups is 2. The first kappa shape index (κ1) is 20.8. The van der Waals surface area contributed by atoms with Gasteiger partial charge in [-0.05, 0) is 23.1 Å². The van der Waals surface area contributed by atoms with Gasteiger partial charge < -0.3 is 14.9 Å². The Bertz CT molecular complexity index is 865. The van der Waals surface area contributed by atoms with Gasteiger partial charge in [-0.3, -0.25) is 4.79 Å². The van der Waals surface area contributed by atoms with E-state index in [-0.39, 0.29) is 6.61 Å². The summed E-state index contributed by atoms with van der Waals surface area (Å²) in [5.74, 6) is -1.44. The molecule has 1 saturated heterocycles. The Balaban J connectivity index is 1.76. The Kier molecular flexibility index (Phi) is 6.80. The standard InChI is InChI=1S/C23H25NO5/c1-16(21(26)19(14-25)12-17-8-4-2-5-9-17)22(27)24-20(15-29-23(24)28)13-18-10-6-3-7-11-18/h2-12,16,20-21,25-26H,13-15H2,1H3/b19-12+/t16-,20+,21+/m1/s1. The zero-order valence-electron chi connectivity index (χ0n) is 16.3. The highest BCUT2D eigenvalue weighted by Gasteiger charge is 2.41. The van der Waals surface area contributed by atoms with Gasteiger partial charge in [0, 0.05) is 0 Å². The SMILES string of the molecule is C[C@@H](C(=O)N1C(=O)OC[C@@H]1Cc1ccccc1)[C@H](O)/C(=C/c1ccccc1)CO. The topological polar surface area (TPSA) is 87.1 Å². The van der Waals surface area contributed by atoms with Gasteiger partial charge in [0.2, 0.25) is 5.91 Å². The molecule has 1 aliphatic rings. The number of carbonyl (C=O) groups is 2. The summed E-state index contributed by atoms with van der Waals surface area (Å²) < 4.78 is 5.10. The van der Waals surface area contributed by atoms with E-state index in [0.29, 0.717) is 12.0 Å². The van der Waals surface area contributed by atoms with Crippen molar-refractivity contribution < 1.29 is 24.5 Å². The van der Waals surface area contributed by atoms with E-state index < -0.39 is 36.7 Å². The van der Waals surface area contributed by atoms with Gasteiger partial charge in [-0.25, -0.2) is 9.69 Å². The van der Waals surface area contributed by atoms with Crippen molar-refractivity contribution >= 4 is 18.1 Å². The summed E-state index contributed by atoms with van der Waals surface area (Å²) in [4.78, 5) is 26.3. The van der Waals surface area contributed by atoms with Crippen molar-refractivity contribution in [1.29, 1.82) is 0 Å². The van der Waals surface area contributed by atoms with E-state index in [1.807, 2.05) is 60.7 Å². The molecule has 1 aliphatic heterocycles. The van der Waals surface area contributed by atoms with Crippen LogP contribution in [-0.4, -0.2) is 52.5 Å². The lowest BCUT2D eigenvalue weighted by Gasteiger charge is -2.26. The second-order valence-electron chi connectivity index (χ2n) is 7.15. The van der Waals surface area contributed by atoms with Crippen molar-refractivity contribution in [2.24, 2.45) is 5.92 Å². The lowest BCUT2D eigenvalue weighted by molar-refractivity contribution is -0.135. The van der Waals surface area contributed by atoms with E-state index in [4.69, 9.17) is 4.74 Å². The molecule has 0 aliphatic carbocycles. The van der Waals surface area contributed by atoms with Crippen molar-refractivity contribution in [1.82, 2.24) is 4.90 Å². The molecule has 0 saturated carbocycles. The summed E-state index contributed by atoms with van der Waals surface area (Å²) in [6.07, 6.45) is 0.206. The van der Waals surface area contributed by atoms with Gasteiger partial charge in [0.25, 0.3) is 0 Å². The first-order valence-corrected chi connectivity index (χ1v) is 9.59. The molecule has 152 valence electrons. The molecule has 1 fully saturated rings. The predicted octanol–water partition coefficient (Wildman–Crippen LogP) is 2.65. The molecule has 1 heterocycles. The third kappa shape index (κ3) is 4.91. The van der Waals surface area contributed by atoms with Crippen LogP contribution in [0.1, 0.15) is 18.1 Å². The number of ether oxygens (including phenoxy) is 1. The molecule has 3 atom stereocenters. The highest BCUT2D eigenvalue weighted by Crippen LogP contribution is 2.24.